The summed E-state index contributed by atoms with van der Waals surface area (Å²) in [5.74, 6) is 0. The normalized spacial score (nSPS) is 16.0. The summed E-state index contributed by atoms with van der Waals surface area (Å²) in [6, 6.07) is 4.39. The average molecular weight is 139 g/mol. The standard InChI is InChI=1S/C11H7/c1-2-8-4-5-9-6-7-11(9)10(8)3-1/h1,3-6H,2H2. The lowest BCUT2D eigenvalue weighted by molar-refractivity contribution is 1.28. The smallest absolute Gasteiger partial charge is 0.00294 e. The van der Waals surface area contributed by atoms with Crippen LogP contribution in [0.5, 0.6) is 0 Å². The van der Waals surface area contributed by atoms with E-state index in [0.717, 1.165) is 6.42 Å². The van der Waals surface area contributed by atoms with Crippen molar-refractivity contribution in [2.24, 2.45) is 0 Å². The first-order valence-corrected chi connectivity index (χ1v) is 3.87. The Hall–Kier alpha value is -1.30. The zero-order chi connectivity index (χ0) is 7.26. The molecule has 0 atom stereocenters. The third-order valence-electron chi connectivity index (χ3n) is 2.36. The molecule has 0 nitrogen and oxygen atoms in total. The minimum atomic E-state index is 1.10. The number of hydrogen-bond acceptors (Lipinski definition) is 0. The largest absolute Gasteiger partial charge is 0.0795 e. The Morgan fingerprint density at radius 1 is 1.27 bits per heavy atom. The highest BCUT2D eigenvalue weighted by Gasteiger charge is 2.14. The number of rotatable bonds is 0. The average Bonchev–Trinajstić information content (AvgIpc) is 2.34. The van der Waals surface area contributed by atoms with Crippen LogP contribution in [0.2, 0.25) is 0 Å². The fourth-order valence-corrected chi connectivity index (χ4v) is 1.71. The van der Waals surface area contributed by atoms with Crippen LogP contribution < -0.4 is 0 Å². The summed E-state index contributed by atoms with van der Waals surface area (Å²) in [5.41, 5.74) is 5.50. The molecule has 0 spiro atoms. The number of fused-ring (bicyclic) bond motifs is 3. The van der Waals surface area contributed by atoms with E-state index in [1.165, 1.54) is 22.3 Å². The summed E-state index contributed by atoms with van der Waals surface area (Å²) in [4.78, 5) is 0. The molecule has 0 aromatic heterocycles. The second kappa shape index (κ2) is 1.65. The Kier molecular flexibility index (Phi) is 0.803. The van der Waals surface area contributed by atoms with Gasteiger partial charge in [0.05, 0.1) is 0 Å². The highest BCUT2D eigenvalue weighted by atomic mass is 14.2. The first-order valence-electron chi connectivity index (χ1n) is 3.87. The SMILES string of the molecule is [C]1=Cc2ccc3c(c21)C=CC3. The van der Waals surface area contributed by atoms with Crippen LogP contribution in [0.1, 0.15) is 22.3 Å². The highest BCUT2D eigenvalue weighted by molar-refractivity contribution is 5.77. The van der Waals surface area contributed by atoms with Gasteiger partial charge in [-0.15, -0.1) is 0 Å². The maximum absolute atomic E-state index is 3.21. The molecule has 0 N–H and O–H groups in total. The van der Waals surface area contributed by atoms with Crippen molar-refractivity contribution in [3.8, 4) is 0 Å². The Balaban J connectivity index is 2.38. The Morgan fingerprint density at radius 3 is 3.09 bits per heavy atom. The van der Waals surface area contributed by atoms with Crippen molar-refractivity contribution < 1.29 is 0 Å². The molecule has 0 saturated heterocycles. The molecular weight excluding hydrogens is 132 g/mol. The first-order chi connectivity index (χ1) is 5.45. The maximum Gasteiger partial charge on any atom is -0.00294 e. The Bertz CT molecular complexity index is 381. The van der Waals surface area contributed by atoms with Crippen LogP contribution in [0, 0.1) is 6.08 Å². The molecule has 1 aromatic carbocycles. The molecule has 0 unspecified atom stereocenters. The van der Waals surface area contributed by atoms with Crippen LogP contribution >= 0.6 is 0 Å². The lowest BCUT2D eigenvalue weighted by atomic mass is 9.91. The number of allylic oxidation sites excluding steroid dienone is 1. The molecule has 0 heterocycles. The molecule has 2 aliphatic carbocycles. The van der Waals surface area contributed by atoms with E-state index in [2.05, 4.69) is 30.4 Å². The van der Waals surface area contributed by atoms with E-state index >= 15 is 0 Å². The molecular formula is C11H7. The quantitative estimate of drug-likeness (QED) is 0.526. The van der Waals surface area contributed by atoms with Gasteiger partial charge < -0.3 is 0 Å². The van der Waals surface area contributed by atoms with Crippen molar-refractivity contribution >= 4 is 12.2 Å². The van der Waals surface area contributed by atoms with Gasteiger partial charge in [-0.05, 0) is 40.8 Å². The van der Waals surface area contributed by atoms with Gasteiger partial charge in [0, 0.05) is 0 Å². The van der Waals surface area contributed by atoms with Crippen molar-refractivity contribution in [1.29, 1.82) is 0 Å². The van der Waals surface area contributed by atoms with Crippen LogP contribution in [0.3, 0.4) is 0 Å². The van der Waals surface area contributed by atoms with Crippen molar-refractivity contribution in [2.45, 2.75) is 6.42 Å². The molecule has 0 fully saturated rings. The summed E-state index contributed by atoms with van der Waals surface area (Å²) in [6.07, 6.45) is 10.8. The van der Waals surface area contributed by atoms with E-state index < -0.39 is 0 Å². The summed E-state index contributed by atoms with van der Waals surface area (Å²) in [6.45, 7) is 0. The third kappa shape index (κ3) is 0.548. The fraction of sp³-hybridized carbons (Fsp3) is 0.0909. The second-order valence-electron chi connectivity index (χ2n) is 3.00. The molecule has 1 aromatic rings. The van der Waals surface area contributed by atoms with Crippen molar-refractivity contribution in [3.05, 3.63) is 46.5 Å². The van der Waals surface area contributed by atoms with Gasteiger partial charge in [-0.3, -0.25) is 0 Å². The summed E-state index contributed by atoms with van der Waals surface area (Å²) >= 11 is 0. The molecule has 0 heteroatoms. The lowest BCUT2D eigenvalue weighted by Crippen LogP contribution is -1.96. The molecule has 0 saturated carbocycles. The maximum atomic E-state index is 3.21. The van der Waals surface area contributed by atoms with Gasteiger partial charge in [0.2, 0.25) is 0 Å². The zero-order valence-electron chi connectivity index (χ0n) is 6.09. The van der Waals surface area contributed by atoms with Crippen molar-refractivity contribution in [1.82, 2.24) is 0 Å². The van der Waals surface area contributed by atoms with E-state index in [4.69, 9.17) is 0 Å². The van der Waals surface area contributed by atoms with Gasteiger partial charge in [0.25, 0.3) is 0 Å². The van der Waals surface area contributed by atoms with Gasteiger partial charge in [-0.2, -0.15) is 0 Å². The van der Waals surface area contributed by atoms with E-state index in [-0.39, 0.29) is 0 Å². The first kappa shape index (κ1) is 5.36. The van der Waals surface area contributed by atoms with Crippen LogP contribution in [-0.2, 0) is 6.42 Å². The van der Waals surface area contributed by atoms with Crippen LogP contribution in [0.4, 0.5) is 0 Å². The van der Waals surface area contributed by atoms with Crippen molar-refractivity contribution in [2.75, 3.05) is 0 Å². The van der Waals surface area contributed by atoms with Crippen LogP contribution in [0.15, 0.2) is 18.2 Å². The molecule has 0 aliphatic heterocycles. The lowest BCUT2D eigenvalue weighted by Gasteiger charge is -2.13. The summed E-state index contributed by atoms with van der Waals surface area (Å²) in [7, 11) is 0. The zero-order valence-corrected chi connectivity index (χ0v) is 6.09. The van der Waals surface area contributed by atoms with Crippen molar-refractivity contribution in [3.63, 3.8) is 0 Å². The van der Waals surface area contributed by atoms with Crippen LogP contribution in [-0.4, -0.2) is 0 Å². The highest BCUT2D eigenvalue weighted by Crippen LogP contribution is 2.31. The molecule has 0 amide bonds. The van der Waals surface area contributed by atoms with E-state index in [9.17, 15) is 0 Å². The molecule has 1 radical (unpaired) electrons. The second-order valence-corrected chi connectivity index (χ2v) is 3.00. The molecule has 11 heavy (non-hydrogen) atoms. The number of benzene rings is 1. The monoisotopic (exact) mass is 139 g/mol. The molecule has 2 aliphatic rings. The Morgan fingerprint density at radius 2 is 2.27 bits per heavy atom. The minimum absolute atomic E-state index is 1.10. The predicted octanol–water partition coefficient (Wildman–Crippen LogP) is 2.43. The minimum Gasteiger partial charge on any atom is -0.0795 e. The van der Waals surface area contributed by atoms with Gasteiger partial charge in [0.1, 0.15) is 0 Å². The van der Waals surface area contributed by atoms with Gasteiger partial charge >= 0.3 is 0 Å². The molecule has 3 rings (SSSR count). The third-order valence-corrected chi connectivity index (χ3v) is 2.36. The summed E-state index contributed by atoms with van der Waals surface area (Å²) < 4.78 is 0. The topological polar surface area (TPSA) is 0 Å². The molecule has 0 bridgehead atoms. The fourth-order valence-electron chi connectivity index (χ4n) is 1.71. The van der Waals surface area contributed by atoms with Gasteiger partial charge in [0.15, 0.2) is 0 Å². The van der Waals surface area contributed by atoms with E-state index in [0.29, 0.717) is 0 Å². The van der Waals surface area contributed by atoms with Gasteiger partial charge in [-0.1, -0.05) is 24.3 Å². The van der Waals surface area contributed by atoms with E-state index in [1.807, 2.05) is 6.08 Å². The number of hydrogen-bond donors (Lipinski definition) is 0. The van der Waals surface area contributed by atoms with E-state index in [1.54, 1.807) is 0 Å². The van der Waals surface area contributed by atoms with Gasteiger partial charge in [-0.25, -0.2) is 0 Å². The summed E-state index contributed by atoms with van der Waals surface area (Å²) in [5, 5.41) is 0. The predicted molar refractivity (Wildman–Crippen MR) is 46.0 cm³/mol. The Labute approximate surface area is 65.9 Å². The molecule has 51 valence electrons. The van der Waals surface area contributed by atoms with Crippen LogP contribution in [0.25, 0.3) is 12.2 Å².